The SMILES string of the molecule is C=C(OC(=O)C=C(C)C=CC=C(C)C=CC1=C(C)CCCC1(C)C)C(C)OP(=O)(OC(C)CBr)OC(C)CCCCCCCCCCCCCCCCCCN. The first-order chi connectivity index (χ1) is 26.6. The average Bonchev–Trinajstić information content (AvgIpc) is 3.12. The van der Waals surface area contributed by atoms with E-state index in [1.807, 2.05) is 32.1 Å². The lowest BCUT2D eigenvalue weighted by Gasteiger charge is -2.32. The van der Waals surface area contributed by atoms with Gasteiger partial charge in [0.05, 0.1) is 12.2 Å². The summed E-state index contributed by atoms with van der Waals surface area (Å²) < 4.78 is 36.8. The van der Waals surface area contributed by atoms with E-state index in [2.05, 4.69) is 62.4 Å². The second-order valence-electron chi connectivity index (χ2n) is 16.7. The van der Waals surface area contributed by atoms with Crippen LogP contribution in [0.4, 0.5) is 0 Å². The summed E-state index contributed by atoms with van der Waals surface area (Å²) in [6.07, 6.45) is 34.8. The summed E-state index contributed by atoms with van der Waals surface area (Å²) in [5, 5.41) is 0.455. The number of unbranched alkanes of at least 4 members (excludes halogenated alkanes) is 15. The Kier molecular flexibility index (Phi) is 28.6. The van der Waals surface area contributed by atoms with Crippen LogP contribution in [0.5, 0.6) is 0 Å². The minimum absolute atomic E-state index is 0.0235. The smallest absolute Gasteiger partial charge is 0.426 e. The van der Waals surface area contributed by atoms with Crippen LogP contribution in [0.25, 0.3) is 0 Å². The first-order valence-corrected chi connectivity index (χ1v) is 24.4. The van der Waals surface area contributed by atoms with Crippen LogP contribution in [0.3, 0.4) is 0 Å². The number of ether oxygens (including phenoxy) is 1. The van der Waals surface area contributed by atoms with Crippen molar-refractivity contribution in [1.29, 1.82) is 0 Å². The molecule has 0 saturated heterocycles. The van der Waals surface area contributed by atoms with Gasteiger partial charge < -0.3 is 10.5 Å². The average molecular weight is 867 g/mol. The molecule has 0 heterocycles. The standard InChI is InChI=1S/C47H81BrNO6P/c1-38(32-33-45-40(3)30-27-34-47(45,8)9)28-26-29-39(2)36-46(50)52-43(6)44(7)55-56(51,54-42(5)37-48)53-41(4)31-24-22-20-18-16-14-12-10-11-13-15-17-19-21-23-25-35-49/h26,28-29,32-33,36,41-42,44H,6,10-25,27,30-31,34-35,37,49H2,1-5,7-9H3. The number of halogens is 1. The lowest BCUT2D eigenvalue weighted by molar-refractivity contribution is -0.135. The Morgan fingerprint density at radius 3 is 1.86 bits per heavy atom. The third kappa shape index (κ3) is 25.1. The van der Waals surface area contributed by atoms with E-state index in [1.54, 1.807) is 13.8 Å². The van der Waals surface area contributed by atoms with E-state index in [9.17, 15) is 9.36 Å². The summed E-state index contributed by atoms with van der Waals surface area (Å²) in [7, 11) is -4.00. The van der Waals surface area contributed by atoms with Gasteiger partial charge in [0.1, 0.15) is 11.9 Å². The number of rotatable bonds is 32. The summed E-state index contributed by atoms with van der Waals surface area (Å²) >= 11 is 3.38. The van der Waals surface area contributed by atoms with E-state index in [0.29, 0.717) is 5.33 Å². The van der Waals surface area contributed by atoms with Crippen molar-refractivity contribution in [3.63, 3.8) is 0 Å². The lowest BCUT2D eigenvalue weighted by atomic mass is 9.72. The van der Waals surface area contributed by atoms with E-state index in [1.165, 1.54) is 120 Å². The molecule has 0 aromatic carbocycles. The molecular formula is C47H81BrNO6P. The molecule has 0 fully saturated rings. The maximum Gasteiger partial charge on any atom is 0.476 e. The molecular weight excluding hydrogens is 785 g/mol. The van der Waals surface area contributed by atoms with Crippen LogP contribution >= 0.6 is 23.8 Å². The zero-order valence-electron chi connectivity index (χ0n) is 36.8. The second kappa shape index (κ2) is 30.5. The normalized spacial score (nSPS) is 18.0. The molecule has 0 aromatic rings. The molecule has 0 aromatic heterocycles. The Labute approximate surface area is 352 Å². The summed E-state index contributed by atoms with van der Waals surface area (Å²) in [5.74, 6) is -0.569. The van der Waals surface area contributed by atoms with Crippen molar-refractivity contribution < 1.29 is 27.7 Å². The molecule has 1 aliphatic carbocycles. The number of carbonyl (C=O) groups excluding carboxylic acids is 1. The Bertz CT molecular complexity index is 1330. The minimum atomic E-state index is -4.00. The highest BCUT2D eigenvalue weighted by Crippen LogP contribution is 2.54. The van der Waals surface area contributed by atoms with Gasteiger partial charge in [-0.25, -0.2) is 9.36 Å². The highest BCUT2D eigenvalue weighted by atomic mass is 79.9. The fourth-order valence-corrected chi connectivity index (χ4v) is 9.06. The molecule has 1 aliphatic rings. The molecule has 56 heavy (non-hydrogen) atoms. The molecule has 9 heteroatoms. The molecule has 0 aliphatic heterocycles. The Balaban J connectivity index is 2.46. The summed E-state index contributed by atoms with van der Waals surface area (Å²) in [6.45, 7) is 20.8. The topological polar surface area (TPSA) is 97.1 Å². The largest absolute Gasteiger partial charge is 0.476 e. The number of hydrogen-bond acceptors (Lipinski definition) is 7. The second-order valence-corrected chi connectivity index (χ2v) is 18.9. The van der Waals surface area contributed by atoms with Gasteiger partial charge in [-0.2, -0.15) is 0 Å². The lowest BCUT2D eigenvalue weighted by Crippen LogP contribution is -2.20. The van der Waals surface area contributed by atoms with Gasteiger partial charge in [0.2, 0.25) is 0 Å². The summed E-state index contributed by atoms with van der Waals surface area (Å²) in [6, 6.07) is 0. The molecule has 0 amide bonds. The third-order valence-corrected chi connectivity index (χ3v) is 13.2. The van der Waals surface area contributed by atoms with Crippen molar-refractivity contribution in [1.82, 2.24) is 0 Å². The van der Waals surface area contributed by atoms with Gasteiger partial charge in [0.25, 0.3) is 0 Å². The number of carbonyl (C=O) groups is 1. The van der Waals surface area contributed by atoms with Crippen LogP contribution in [0, 0.1) is 5.41 Å². The fourth-order valence-electron chi connectivity index (χ4n) is 7.01. The van der Waals surface area contributed by atoms with Crippen LogP contribution in [-0.4, -0.2) is 36.2 Å². The van der Waals surface area contributed by atoms with Gasteiger partial charge in [-0.15, -0.1) is 0 Å². The van der Waals surface area contributed by atoms with Crippen LogP contribution in [0.2, 0.25) is 0 Å². The molecule has 322 valence electrons. The molecule has 4 atom stereocenters. The van der Waals surface area contributed by atoms with E-state index in [-0.39, 0.29) is 17.3 Å². The van der Waals surface area contributed by atoms with Crippen molar-refractivity contribution in [2.24, 2.45) is 11.1 Å². The first-order valence-electron chi connectivity index (χ1n) is 21.9. The van der Waals surface area contributed by atoms with Crippen LogP contribution < -0.4 is 5.73 Å². The van der Waals surface area contributed by atoms with E-state index < -0.39 is 26.0 Å². The summed E-state index contributed by atoms with van der Waals surface area (Å²) in [4.78, 5) is 12.7. The number of hydrogen-bond donors (Lipinski definition) is 1. The zero-order chi connectivity index (χ0) is 41.8. The highest BCUT2D eigenvalue weighted by Gasteiger charge is 2.35. The van der Waals surface area contributed by atoms with Crippen LogP contribution in [0.15, 0.2) is 71.1 Å². The fraction of sp³-hybridized carbons (Fsp3) is 0.723. The van der Waals surface area contributed by atoms with Crippen molar-refractivity contribution >= 4 is 29.7 Å². The molecule has 0 radical (unpaired) electrons. The van der Waals surface area contributed by atoms with E-state index >= 15 is 0 Å². The van der Waals surface area contributed by atoms with E-state index in [0.717, 1.165) is 43.4 Å². The minimum Gasteiger partial charge on any atom is -0.426 e. The van der Waals surface area contributed by atoms with Gasteiger partial charge in [-0.3, -0.25) is 13.6 Å². The molecule has 4 unspecified atom stereocenters. The van der Waals surface area contributed by atoms with Gasteiger partial charge in [-0.05, 0) is 96.8 Å². The maximum atomic E-state index is 13.8. The monoisotopic (exact) mass is 865 g/mol. The third-order valence-electron chi connectivity index (χ3n) is 10.5. The molecule has 0 spiro atoms. The molecule has 1 rings (SSSR count). The van der Waals surface area contributed by atoms with Gasteiger partial charge in [-0.1, -0.05) is 174 Å². The molecule has 2 N–H and O–H groups in total. The quantitative estimate of drug-likeness (QED) is 0.0137. The Morgan fingerprint density at radius 1 is 0.821 bits per heavy atom. The number of phosphoric acid groups is 1. The maximum absolute atomic E-state index is 13.8. The molecule has 0 saturated carbocycles. The van der Waals surface area contributed by atoms with Gasteiger partial charge in [0, 0.05) is 11.4 Å². The zero-order valence-corrected chi connectivity index (χ0v) is 39.3. The predicted octanol–water partition coefficient (Wildman–Crippen LogP) is 14.9. The number of esters is 1. The number of nitrogens with two attached hydrogens (primary N) is 1. The number of allylic oxidation sites excluding steroid dienone is 9. The van der Waals surface area contributed by atoms with Crippen LogP contribution in [0.1, 0.15) is 184 Å². The first kappa shape index (κ1) is 52.5. The summed E-state index contributed by atoms with van der Waals surface area (Å²) in [5.41, 5.74) is 10.5. The van der Waals surface area contributed by atoms with Crippen LogP contribution in [-0.2, 0) is 27.7 Å². The van der Waals surface area contributed by atoms with Gasteiger partial charge in [0.15, 0.2) is 0 Å². The van der Waals surface area contributed by atoms with E-state index in [4.69, 9.17) is 24.0 Å². The van der Waals surface area contributed by atoms with Gasteiger partial charge >= 0.3 is 13.8 Å². The number of phosphoric ester groups is 1. The van der Waals surface area contributed by atoms with Crippen molar-refractivity contribution in [2.75, 3.05) is 11.9 Å². The van der Waals surface area contributed by atoms with Crippen molar-refractivity contribution in [2.45, 2.75) is 202 Å². The number of alkyl halides is 1. The van der Waals surface area contributed by atoms with Crippen molar-refractivity contribution in [3.8, 4) is 0 Å². The Morgan fingerprint density at radius 2 is 1.34 bits per heavy atom. The Hall–Kier alpha value is -1.54. The predicted molar refractivity (Wildman–Crippen MR) is 242 cm³/mol. The highest BCUT2D eigenvalue weighted by molar-refractivity contribution is 9.09. The van der Waals surface area contributed by atoms with Crippen molar-refractivity contribution in [3.05, 3.63) is 71.1 Å². The molecule has 0 bridgehead atoms. The molecule has 7 nitrogen and oxygen atoms in total.